The second kappa shape index (κ2) is 8.79. The SMILES string of the molecule is CN(CCCC1CC(c2cccc(F)c2)NN1)S(=O)(=O)c1ccccc1Br. The van der Waals surface area contributed by atoms with E-state index in [2.05, 4.69) is 26.8 Å². The molecule has 2 atom stereocenters. The lowest BCUT2D eigenvalue weighted by Gasteiger charge is -2.19. The predicted octanol–water partition coefficient (Wildman–Crippen LogP) is 3.60. The van der Waals surface area contributed by atoms with Crippen LogP contribution < -0.4 is 10.9 Å². The molecule has 0 radical (unpaired) electrons. The summed E-state index contributed by atoms with van der Waals surface area (Å²) in [6, 6.07) is 13.7. The molecule has 27 heavy (non-hydrogen) atoms. The third-order valence-electron chi connectivity index (χ3n) is 4.78. The van der Waals surface area contributed by atoms with E-state index in [4.69, 9.17) is 0 Å². The summed E-state index contributed by atoms with van der Waals surface area (Å²) >= 11 is 3.31. The van der Waals surface area contributed by atoms with Gasteiger partial charge in [-0.25, -0.2) is 17.1 Å². The van der Waals surface area contributed by atoms with Crippen LogP contribution >= 0.6 is 15.9 Å². The van der Waals surface area contributed by atoms with E-state index in [9.17, 15) is 12.8 Å². The summed E-state index contributed by atoms with van der Waals surface area (Å²) in [5.74, 6) is -0.239. The Morgan fingerprint density at radius 3 is 2.70 bits per heavy atom. The van der Waals surface area contributed by atoms with Gasteiger partial charge in [-0.2, -0.15) is 0 Å². The zero-order chi connectivity index (χ0) is 19.4. The Morgan fingerprint density at radius 1 is 1.19 bits per heavy atom. The standard InChI is InChI=1S/C19H23BrFN3O2S/c1-24(27(25,26)19-10-3-2-9-17(19)20)11-5-8-16-13-18(23-22-16)14-6-4-7-15(21)12-14/h2-4,6-7,9-10,12,16,18,22-23H,5,8,11,13H2,1H3. The van der Waals surface area contributed by atoms with Gasteiger partial charge in [0, 0.05) is 30.1 Å². The van der Waals surface area contributed by atoms with Gasteiger partial charge in [-0.15, -0.1) is 0 Å². The van der Waals surface area contributed by atoms with Gasteiger partial charge in [0.2, 0.25) is 10.0 Å². The van der Waals surface area contributed by atoms with Crippen molar-refractivity contribution >= 4 is 26.0 Å². The van der Waals surface area contributed by atoms with Crippen LogP contribution in [0.1, 0.15) is 30.9 Å². The molecule has 0 saturated carbocycles. The van der Waals surface area contributed by atoms with Crippen molar-refractivity contribution < 1.29 is 12.8 Å². The number of nitrogens with zero attached hydrogens (tertiary/aromatic N) is 1. The lowest BCUT2D eigenvalue weighted by atomic mass is 10.00. The van der Waals surface area contributed by atoms with Crippen LogP contribution in [-0.4, -0.2) is 32.4 Å². The Balaban J connectivity index is 1.51. The zero-order valence-electron chi connectivity index (χ0n) is 15.0. The minimum absolute atomic E-state index is 0.0624. The van der Waals surface area contributed by atoms with Gasteiger partial charge in [-0.3, -0.25) is 10.9 Å². The second-order valence-electron chi connectivity index (χ2n) is 6.73. The van der Waals surface area contributed by atoms with E-state index in [1.54, 1.807) is 43.4 Å². The van der Waals surface area contributed by atoms with E-state index in [0.29, 0.717) is 11.0 Å². The summed E-state index contributed by atoms with van der Waals surface area (Å²) in [7, 11) is -1.91. The third kappa shape index (κ3) is 4.94. The van der Waals surface area contributed by atoms with Gasteiger partial charge in [-0.05, 0) is 65.0 Å². The summed E-state index contributed by atoms with van der Waals surface area (Å²) in [5, 5.41) is 0. The number of hydrogen-bond acceptors (Lipinski definition) is 4. The third-order valence-corrected chi connectivity index (χ3v) is 7.65. The Morgan fingerprint density at radius 2 is 1.96 bits per heavy atom. The Labute approximate surface area is 168 Å². The van der Waals surface area contributed by atoms with Crippen LogP contribution in [-0.2, 0) is 10.0 Å². The molecule has 2 unspecified atom stereocenters. The normalized spacial score (nSPS) is 20.3. The molecule has 1 aliphatic heterocycles. The fourth-order valence-corrected chi connectivity index (χ4v) is 5.42. The number of nitrogens with one attached hydrogen (secondary N) is 2. The number of hydrazine groups is 1. The summed E-state index contributed by atoms with van der Waals surface area (Å²) in [5.41, 5.74) is 7.34. The van der Waals surface area contributed by atoms with Crippen LogP contribution in [0.15, 0.2) is 57.9 Å². The number of halogens is 2. The van der Waals surface area contributed by atoms with E-state index >= 15 is 0 Å². The molecule has 2 aromatic rings. The van der Waals surface area contributed by atoms with Crippen LogP contribution in [0.5, 0.6) is 0 Å². The molecular weight excluding hydrogens is 433 g/mol. The first-order valence-corrected chi connectivity index (χ1v) is 11.1. The second-order valence-corrected chi connectivity index (χ2v) is 9.60. The van der Waals surface area contributed by atoms with Crippen LogP contribution in [0.3, 0.4) is 0 Å². The summed E-state index contributed by atoms with van der Waals surface area (Å²) in [4.78, 5) is 0.277. The van der Waals surface area contributed by atoms with Gasteiger partial charge in [0.25, 0.3) is 0 Å². The molecule has 0 aromatic heterocycles. The van der Waals surface area contributed by atoms with Gasteiger partial charge < -0.3 is 0 Å². The Kier molecular flexibility index (Phi) is 6.65. The average Bonchev–Trinajstić information content (AvgIpc) is 3.11. The van der Waals surface area contributed by atoms with Gasteiger partial charge in [0.05, 0.1) is 4.90 Å². The van der Waals surface area contributed by atoms with Crippen LogP contribution in [0.4, 0.5) is 4.39 Å². The fourth-order valence-electron chi connectivity index (χ4n) is 3.26. The quantitative estimate of drug-likeness (QED) is 0.669. The van der Waals surface area contributed by atoms with Crippen molar-refractivity contribution in [2.24, 2.45) is 0 Å². The van der Waals surface area contributed by atoms with Crippen molar-refractivity contribution in [2.45, 2.75) is 36.2 Å². The molecule has 5 nitrogen and oxygen atoms in total. The lowest BCUT2D eigenvalue weighted by Crippen LogP contribution is -2.32. The van der Waals surface area contributed by atoms with E-state index in [0.717, 1.165) is 24.8 Å². The van der Waals surface area contributed by atoms with E-state index < -0.39 is 10.0 Å². The Hall–Kier alpha value is -1.32. The topological polar surface area (TPSA) is 61.4 Å². The zero-order valence-corrected chi connectivity index (χ0v) is 17.4. The minimum atomic E-state index is -3.52. The number of rotatable bonds is 7. The molecule has 2 aromatic carbocycles. The highest BCUT2D eigenvalue weighted by atomic mass is 79.9. The Bertz CT molecular complexity index is 894. The van der Waals surface area contributed by atoms with E-state index in [1.807, 2.05) is 6.07 Å². The fraction of sp³-hybridized carbons (Fsp3) is 0.368. The van der Waals surface area contributed by atoms with Gasteiger partial charge >= 0.3 is 0 Å². The molecule has 146 valence electrons. The molecular formula is C19H23BrFN3O2S. The molecule has 8 heteroatoms. The first-order chi connectivity index (χ1) is 12.9. The van der Waals surface area contributed by atoms with Crippen LogP contribution in [0.25, 0.3) is 0 Å². The summed E-state index contributed by atoms with van der Waals surface area (Å²) < 4.78 is 40.7. The molecule has 1 fully saturated rings. The predicted molar refractivity (Wildman–Crippen MR) is 107 cm³/mol. The molecule has 1 aliphatic rings. The van der Waals surface area contributed by atoms with E-state index in [-0.39, 0.29) is 22.8 Å². The molecule has 1 heterocycles. The molecule has 3 rings (SSSR count). The lowest BCUT2D eigenvalue weighted by molar-refractivity contribution is 0.428. The van der Waals surface area contributed by atoms with Crippen molar-refractivity contribution in [1.82, 2.24) is 15.2 Å². The number of sulfonamides is 1. The van der Waals surface area contributed by atoms with Gasteiger partial charge in [-0.1, -0.05) is 24.3 Å². The number of benzene rings is 2. The first-order valence-electron chi connectivity index (χ1n) is 8.85. The van der Waals surface area contributed by atoms with Gasteiger partial charge in [0.15, 0.2) is 0 Å². The van der Waals surface area contributed by atoms with E-state index in [1.165, 1.54) is 10.4 Å². The average molecular weight is 456 g/mol. The van der Waals surface area contributed by atoms with Gasteiger partial charge in [0.1, 0.15) is 5.82 Å². The molecule has 0 aliphatic carbocycles. The summed E-state index contributed by atoms with van der Waals surface area (Å²) in [6.45, 7) is 0.437. The first kappa shape index (κ1) is 20.4. The van der Waals surface area contributed by atoms with Crippen molar-refractivity contribution in [1.29, 1.82) is 0 Å². The van der Waals surface area contributed by atoms with Crippen molar-refractivity contribution in [2.75, 3.05) is 13.6 Å². The molecule has 2 N–H and O–H groups in total. The smallest absolute Gasteiger partial charge is 0.243 e. The van der Waals surface area contributed by atoms with Crippen LogP contribution in [0, 0.1) is 5.82 Å². The molecule has 0 amide bonds. The molecule has 0 bridgehead atoms. The highest BCUT2D eigenvalue weighted by Crippen LogP contribution is 2.26. The van der Waals surface area contributed by atoms with Crippen LogP contribution in [0.2, 0.25) is 0 Å². The summed E-state index contributed by atoms with van der Waals surface area (Å²) in [6.07, 6.45) is 2.40. The molecule has 0 spiro atoms. The van der Waals surface area contributed by atoms with Crippen molar-refractivity contribution in [3.8, 4) is 0 Å². The van der Waals surface area contributed by atoms with Crippen molar-refractivity contribution in [3.63, 3.8) is 0 Å². The maximum Gasteiger partial charge on any atom is 0.243 e. The molecule has 1 saturated heterocycles. The largest absolute Gasteiger partial charge is 0.254 e. The van der Waals surface area contributed by atoms with Crippen molar-refractivity contribution in [3.05, 3.63) is 64.4 Å². The maximum atomic E-state index is 13.4. The highest BCUT2D eigenvalue weighted by molar-refractivity contribution is 9.10. The maximum absolute atomic E-state index is 13.4. The number of hydrogen-bond donors (Lipinski definition) is 2. The highest BCUT2D eigenvalue weighted by Gasteiger charge is 2.26. The monoisotopic (exact) mass is 455 g/mol. The minimum Gasteiger partial charge on any atom is -0.254 e.